The summed E-state index contributed by atoms with van der Waals surface area (Å²) in [6, 6.07) is 16.4. The number of para-hydroxylation sites is 1. The van der Waals surface area contributed by atoms with Crippen LogP contribution in [0.15, 0.2) is 79.0 Å². The van der Waals surface area contributed by atoms with Crippen LogP contribution < -0.4 is 5.32 Å². The highest BCUT2D eigenvalue weighted by Gasteiger charge is 2.34. The van der Waals surface area contributed by atoms with Crippen molar-refractivity contribution in [3.63, 3.8) is 0 Å². The second-order valence-corrected chi connectivity index (χ2v) is 7.53. The number of nitrogens with one attached hydrogen (secondary N) is 1. The number of carbonyl (C=O) groups is 1. The number of rotatable bonds is 4. The maximum atomic E-state index is 13.5. The van der Waals surface area contributed by atoms with Gasteiger partial charge in [0.2, 0.25) is 5.91 Å². The van der Waals surface area contributed by atoms with E-state index in [1.165, 1.54) is 30.5 Å². The average molecular weight is 474 g/mol. The summed E-state index contributed by atoms with van der Waals surface area (Å²) >= 11 is 0. The first kappa shape index (κ1) is 23.3. The summed E-state index contributed by atoms with van der Waals surface area (Å²) in [7, 11) is 0. The van der Waals surface area contributed by atoms with Gasteiger partial charge in [-0.1, -0.05) is 48.5 Å². The molecule has 0 radical (unpaired) electrons. The van der Waals surface area contributed by atoms with Crippen LogP contribution in [0.1, 0.15) is 16.7 Å². The van der Waals surface area contributed by atoms with E-state index >= 15 is 0 Å². The number of pyridine rings is 1. The molecule has 1 heterocycles. The van der Waals surface area contributed by atoms with E-state index in [9.17, 15) is 31.1 Å². The van der Waals surface area contributed by atoms with E-state index in [0.29, 0.717) is 16.7 Å². The molecule has 0 saturated carbocycles. The standard InChI is InChI=1S/C25H16F6N2O/c26-24(27,28)17-8-4-9-18(13-17)33-21(34)12-16-14-32-23-19(10-5-11-20(23)25(29,30)31)22(16)15-6-2-1-3-7-15/h1-11,13-14H,12H2,(H,33,34). The van der Waals surface area contributed by atoms with E-state index in [1.54, 1.807) is 30.3 Å². The number of hydrogen-bond donors (Lipinski definition) is 1. The van der Waals surface area contributed by atoms with Crippen molar-refractivity contribution in [3.05, 3.63) is 95.7 Å². The lowest BCUT2D eigenvalue weighted by Crippen LogP contribution is -2.16. The molecule has 3 aromatic carbocycles. The van der Waals surface area contributed by atoms with E-state index in [2.05, 4.69) is 10.3 Å². The minimum atomic E-state index is -4.62. The number of amides is 1. The van der Waals surface area contributed by atoms with Gasteiger partial charge in [-0.25, -0.2) is 0 Å². The zero-order valence-electron chi connectivity index (χ0n) is 17.3. The van der Waals surface area contributed by atoms with Crippen LogP contribution in [0.5, 0.6) is 0 Å². The Balaban J connectivity index is 1.75. The molecule has 0 bridgehead atoms. The second kappa shape index (κ2) is 8.81. The Morgan fingerprint density at radius 1 is 0.824 bits per heavy atom. The maximum absolute atomic E-state index is 13.5. The number of nitrogens with zero attached hydrogens (tertiary/aromatic N) is 1. The van der Waals surface area contributed by atoms with Crippen molar-refractivity contribution in [2.45, 2.75) is 18.8 Å². The van der Waals surface area contributed by atoms with Crippen LogP contribution in [0.25, 0.3) is 22.0 Å². The number of aromatic nitrogens is 1. The van der Waals surface area contributed by atoms with Crippen molar-refractivity contribution >= 4 is 22.5 Å². The van der Waals surface area contributed by atoms with Crippen LogP contribution in [-0.4, -0.2) is 10.9 Å². The highest BCUT2D eigenvalue weighted by atomic mass is 19.4. The lowest BCUT2D eigenvalue weighted by atomic mass is 9.93. The van der Waals surface area contributed by atoms with Crippen LogP contribution >= 0.6 is 0 Å². The molecule has 1 amide bonds. The van der Waals surface area contributed by atoms with Crippen LogP contribution in [0.2, 0.25) is 0 Å². The zero-order chi connectivity index (χ0) is 24.5. The molecule has 1 N–H and O–H groups in total. The van der Waals surface area contributed by atoms with Gasteiger partial charge in [0, 0.05) is 17.3 Å². The Kier molecular flexibility index (Phi) is 6.03. The molecule has 0 spiro atoms. The van der Waals surface area contributed by atoms with E-state index in [1.807, 2.05) is 0 Å². The fourth-order valence-electron chi connectivity index (χ4n) is 3.72. The van der Waals surface area contributed by atoms with Crippen molar-refractivity contribution in [2.24, 2.45) is 0 Å². The van der Waals surface area contributed by atoms with Gasteiger partial charge in [-0.15, -0.1) is 0 Å². The summed E-state index contributed by atoms with van der Waals surface area (Å²) in [6.45, 7) is 0. The smallest absolute Gasteiger partial charge is 0.326 e. The fraction of sp³-hybridized carbons (Fsp3) is 0.120. The number of anilines is 1. The van der Waals surface area contributed by atoms with E-state index in [4.69, 9.17) is 0 Å². The summed E-state index contributed by atoms with van der Waals surface area (Å²) in [5.41, 5.74) is -0.802. The van der Waals surface area contributed by atoms with Gasteiger partial charge in [0.25, 0.3) is 0 Å². The number of benzene rings is 3. The zero-order valence-corrected chi connectivity index (χ0v) is 17.3. The SMILES string of the molecule is O=C(Cc1cnc2c(C(F)(F)F)cccc2c1-c1ccccc1)Nc1cccc(C(F)(F)F)c1. The number of fused-ring (bicyclic) bond motifs is 1. The first-order valence-electron chi connectivity index (χ1n) is 10.0. The van der Waals surface area contributed by atoms with Crippen LogP contribution in [0.3, 0.4) is 0 Å². The number of halogens is 6. The number of alkyl halides is 6. The van der Waals surface area contributed by atoms with Gasteiger partial charge in [-0.3, -0.25) is 9.78 Å². The van der Waals surface area contributed by atoms with Gasteiger partial charge in [0.1, 0.15) is 0 Å². The minimum Gasteiger partial charge on any atom is -0.326 e. The third-order valence-corrected chi connectivity index (χ3v) is 5.17. The summed E-state index contributed by atoms with van der Waals surface area (Å²) in [4.78, 5) is 16.7. The van der Waals surface area contributed by atoms with Gasteiger partial charge in [-0.05, 0) is 41.0 Å². The minimum absolute atomic E-state index is 0.0470. The summed E-state index contributed by atoms with van der Waals surface area (Å²) < 4.78 is 79.5. The molecule has 1 aromatic heterocycles. The first-order chi connectivity index (χ1) is 16.0. The van der Waals surface area contributed by atoms with Crippen LogP contribution in [0.4, 0.5) is 32.0 Å². The Labute approximate surface area is 190 Å². The van der Waals surface area contributed by atoms with Gasteiger partial charge >= 0.3 is 12.4 Å². The van der Waals surface area contributed by atoms with Crippen molar-refractivity contribution in [1.29, 1.82) is 0 Å². The van der Waals surface area contributed by atoms with Crippen molar-refractivity contribution in [3.8, 4) is 11.1 Å². The average Bonchev–Trinajstić information content (AvgIpc) is 2.78. The fourth-order valence-corrected chi connectivity index (χ4v) is 3.72. The molecule has 4 rings (SSSR count). The normalized spacial score (nSPS) is 12.1. The highest BCUT2D eigenvalue weighted by Crippen LogP contribution is 2.38. The molecule has 0 fully saturated rings. The lowest BCUT2D eigenvalue weighted by Gasteiger charge is -2.16. The lowest BCUT2D eigenvalue weighted by molar-refractivity contribution is -0.138. The molecule has 0 atom stereocenters. The molecule has 4 aromatic rings. The van der Waals surface area contributed by atoms with Crippen LogP contribution in [0, 0.1) is 0 Å². The quantitative estimate of drug-likeness (QED) is 0.320. The van der Waals surface area contributed by atoms with Crippen LogP contribution in [-0.2, 0) is 23.6 Å². The summed E-state index contributed by atoms with van der Waals surface area (Å²) in [5, 5.41) is 2.63. The predicted octanol–water partition coefficient (Wildman–Crippen LogP) is 7.12. The molecule has 0 aliphatic carbocycles. The second-order valence-electron chi connectivity index (χ2n) is 7.53. The van der Waals surface area contributed by atoms with Gasteiger partial charge in [-0.2, -0.15) is 26.3 Å². The molecule has 0 unspecified atom stereocenters. The third-order valence-electron chi connectivity index (χ3n) is 5.17. The van der Waals surface area contributed by atoms with Gasteiger partial charge < -0.3 is 5.32 Å². The molecular formula is C25H16F6N2O. The molecule has 9 heteroatoms. The summed E-state index contributed by atoms with van der Waals surface area (Å²) in [6.07, 6.45) is -8.30. The monoisotopic (exact) mass is 474 g/mol. The molecule has 174 valence electrons. The molecule has 0 saturated heterocycles. The van der Waals surface area contributed by atoms with Gasteiger partial charge in [0.05, 0.1) is 23.1 Å². The van der Waals surface area contributed by atoms with Crippen molar-refractivity contribution < 1.29 is 31.1 Å². The molecule has 0 aliphatic heterocycles. The molecule has 3 nitrogen and oxygen atoms in total. The van der Waals surface area contributed by atoms with Gasteiger partial charge in [0.15, 0.2) is 0 Å². The van der Waals surface area contributed by atoms with Crippen molar-refractivity contribution in [1.82, 2.24) is 4.98 Å². The Bertz CT molecular complexity index is 1350. The topological polar surface area (TPSA) is 42.0 Å². The Morgan fingerprint density at radius 3 is 2.21 bits per heavy atom. The molecule has 34 heavy (non-hydrogen) atoms. The summed E-state index contributed by atoms with van der Waals surface area (Å²) in [5.74, 6) is -0.635. The van der Waals surface area contributed by atoms with E-state index in [-0.39, 0.29) is 23.0 Å². The maximum Gasteiger partial charge on any atom is 0.418 e. The third kappa shape index (κ3) is 4.88. The first-order valence-corrected chi connectivity index (χ1v) is 10.0. The Morgan fingerprint density at radius 2 is 1.53 bits per heavy atom. The highest BCUT2D eigenvalue weighted by molar-refractivity contribution is 6.00. The Hall–Kier alpha value is -3.88. The molecule has 0 aliphatic rings. The van der Waals surface area contributed by atoms with Crippen molar-refractivity contribution in [2.75, 3.05) is 5.32 Å². The number of carbonyl (C=O) groups excluding carboxylic acids is 1. The van der Waals surface area contributed by atoms with E-state index < -0.39 is 29.4 Å². The van der Waals surface area contributed by atoms with E-state index in [0.717, 1.165) is 18.2 Å². The largest absolute Gasteiger partial charge is 0.418 e. The molecular weight excluding hydrogens is 458 g/mol. The predicted molar refractivity (Wildman–Crippen MR) is 116 cm³/mol. The number of hydrogen-bond acceptors (Lipinski definition) is 2.